The van der Waals surface area contributed by atoms with Gasteiger partial charge in [-0.15, -0.1) is 0 Å². The summed E-state index contributed by atoms with van der Waals surface area (Å²) in [5.41, 5.74) is 3.76. The van der Waals surface area contributed by atoms with Crippen LogP contribution >= 0.6 is 0 Å². The highest BCUT2D eigenvalue weighted by atomic mass is 16.1. The predicted molar refractivity (Wildman–Crippen MR) is 77.6 cm³/mol. The van der Waals surface area contributed by atoms with E-state index in [9.17, 15) is 4.79 Å². The standard InChI is InChI=1S/C15H18N4O/c1-10-14(18-9-17-10)8-16-12-4-2-11(3-5-12)15(20)19-13-6-7-13/h2-5,9,13,16H,6-8H2,1H3,(H,17,18)(H,19,20). The molecule has 0 unspecified atom stereocenters. The van der Waals surface area contributed by atoms with Gasteiger partial charge in [-0.3, -0.25) is 4.79 Å². The molecule has 1 fully saturated rings. The maximum atomic E-state index is 11.9. The molecule has 0 radical (unpaired) electrons. The molecule has 20 heavy (non-hydrogen) atoms. The lowest BCUT2D eigenvalue weighted by atomic mass is 10.2. The fourth-order valence-corrected chi connectivity index (χ4v) is 1.99. The van der Waals surface area contributed by atoms with Crippen LogP contribution in [0, 0.1) is 6.92 Å². The average molecular weight is 270 g/mol. The molecule has 0 aliphatic heterocycles. The number of aryl methyl sites for hydroxylation is 1. The molecule has 3 N–H and O–H groups in total. The van der Waals surface area contributed by atoms with E-state index < -0.39 is 0 Å². The lowest BCUT2D eigenvalue weighted by Crippen LogP contribution is -2.25. The van der Waals surface area contributed by atoms with Crippen LogP contribution in [0.2, 0.25) is 0 Å². The normalized spacial score (nSPS) is 14.1. The molecule has 1 aliphatic rings. The third kappa shape index (κ3) is 2.99. The lowest BCUT2D eigenvalue weighted by molar-refractivity contribution is 0.0951. The first-order valence-electron chi connectivity index (χ1n) is 6.86. The van der Waals surface area contributed by atoms with Gasteiger partial charge in [-0.05, 0) is 44.0 Å². The number of carbonyl (C=O) groups excluding carboxylic acids is 1. The molecule has 104 valence electrons. The molecule has 1 aliphatic carbocycles. The Labute approximate surface area is 117 Å². The molecule has 0 saturated heterocycles. The third-order valence-electron chi connectivity index (χ3n) is 3.45. The van der Waals surface area contributed by atoms with Crippen molar-refractivity contribution in [2.45, 2.75) is 32.4 Å². The average Bonchev–Trinajstić information content (AvgIpc) is 3.18. The van der Waals surface area contributed by atoms with Crippen LogP contribution in [0.25, 0.3) is 0 Å². The zero-order valence-corrected chi connectivity index (χ0v) is 11.4. The molecule has 0 atom stereocenters. The number of imidazole rings is 1. The number of amides is 1. The molecule has 2 aromatic rings. The number of nitrogens with one attached hydrogen (secondary N) is 3. The number of hydrogen-bond acceptors (Lipinski definition) is 3. The summed E-state index contributed by atoms with van der Waals surface area (Å²) in [6.07, 6.45) is 3.90. The SMILES string of the molecule is Cc1[nH]cnc1CNc1ccc(C(=O)NC2CC2)cc1. The van der Waals surface area contributed by atoms with Crippen molar-refractivity contribution in [2.24, 2.45) is 0 Å². The maximum Gasteiger partial charge on any atom is 0.251 e. The minimum absolute atomic E-state index is 0.0159. The van der Waals surface area contributed by atoms with Crippen molar-refractivity contribution < 1.29 is 4.79 Å². The summed E-state index contributed by atoms with van der Waals surface area (Å²) in [4.78, 5) is 19.1. The second-order valence-electron chi connectivity index (χ2n) is 5.15. The van der Waals surface area contributed by atoms with Gasteiger partial charge in [0, 0.05) is 23.0 Å². The van der Waals surface area contributed by atoms with Crippen molar-refractivity contribution in [3.05, 3.63) is 47.5 Å². The van der Waals surface area contributed by atoms with Gasteiger partial charge in [-0.2, -0.15) is 0 Å². The van der Waals surface area contributed by atoms with E-state index in [1.54, 1.807) is 6.33 Å². The van der Waals surface area contributed by atoms with Gasteiger partial charge in [0.15, 0.2) is 0 Å². The summed E-state index contributed by atoms with van der Waals surface area (Å²) in [7, 11) is 0. The molecule has 1 aromatic carbocycles. The van der Waals surface area contributed by atoms with Crippen LogP contribution in [0.3, 0.4) is 0 Å². The molecular weight excluding hydrogens is 252 g/mol. The Kier molecular flexibility index (Phi) is 3.41. The second kappa shape index (κ2) is 5.36. The number of hydrogen-bond donors (Lipinski definition) is 3. The summed E-state index contributed by atoms with van der Waals surface area (Å²) in [6, 6.07) is 7.92. The number of aromatic amines is 1. The van der Waals surface area contributed by atoms with Gasteiger partial charge in [0.25, 0.3) is 5.91 Å². The predicted octanol–water partition coefficient (Wildman–Crippen LogP) is 2.22. The first-order chi connectivity index (χ1) is 9.72. The number of anilines is 1. The Bertz CT molecular complexity index is 599. The van der Waals surface area contributed by atoms with Crippen LogP contribution in [-0.2, 0) is 6.54 Å². The van der Waals surface area contributed by atoms with Gasteiger partial charge in [0.2, 0.25) is 0 Å². The highest BCUT2D eigenvalue weighted by Crippen LogP contribution is 2.19. The van der Waals surface area contributed by atoms with E-state index in [4.69, 9.17) is 0 Å². The second-order valence-corrected chi connectivity index (χ2v) is 5.15. The zero-order chi connectivity index (χ0) is 13.9. The van der Waals surface area contributed by atoms with Crippen LogP contribution in [0.4, 0.5) is 5.69 Å². The zero-order valence-electron chi connectivity index (χ0n) is 11.4. The number of rotatable bonds is 5. The van der Waals surface area contributed by atoms with Gasteiger partial charge in [-0.1, -0.05) is 0 Å². The number of H-pyrrole nitrogens is 1. The van der Waals surface area contributed by atoms with E-state index in [0.717, 1.165) is 29.9 Å². The number of carbonyl (C=O) groups is 1. The molecule has 5 heteroatoms. The summed E-state index contributed by atoms with van der Waals surface area (Å²) >= 11 is 0. The van der Waals surface area contributed by atoms with Crippen LogP contribution in [-0.4, -0.2) is 21.9 Å². The van der Waals surface area contributed by atoms with Crippen molar-refractivity contribution >= 4 is 11.6 Å². The van der Waals surface area contributed by atoms with E-state index in [1.807, 2.05) is 31.2 Å². The van der Waals surface area contributed by atoms with E-state index in [1.165, 1.54) is 0 Å². The summed E-state index contributed by atoms with van der Waals surface area (Å²) in [6.45, 7) is 2.66. The summed E-state index contributed by atoms with van der Waals surface area (Å²) < 4.78 is 0. The molecular formula is C15H18N4O. The molecule has 1 amide bonds. The maximum absolute atomic E-state index is 11.9. The van der Waals surface area contributed by atoms with Crippen molar-refractivity contribution in [3.63, 3.8) is 0 Å². The van der Waals surface area contributed by atoms with E-state index in [-0.39, 0.29) is 5.91 Å². The summed E-state index contributed by atoms with van der Waals surface area (Å²) in [5.74, 6) is 0.0159. The minimum atomic E-state index is 0.0159. The quantitative estimate of drug-likeness (QED) is 0.780. The van der Waals surface area contributed by atoms with Gasteiger partial charge < -0.3 is 15.6 Å². The fraction of sp³-hybridized carbons (Fsp3) is 0.333. The van der Waals surface area contributed by atoms with Crippen molar-refractivity contribution in [2.75, 3.05) is 5.32 Å². The monoisotopic (exact) mass is 270 g/mol. The Balaban J connectivity index is 1.58. The highest BCUT2D eigenvalue weighted by Gasteiger charge is 2.23. The molecule has 1 aromatic heterocycles. The first kappa shape index (κ1) is 12.7. The Morgan fingerprint density at radius 1 is 1.35 bits per heavy atom. The highest BCUT2D eigenvalue weighted by molar-refractivity contribution is 5.94. The Morgan fingerprint density at radius 3 is 2.70 bits per heavy atom. The van der Waals surface area contributed by atoms with Crippen LogP contribution in [0.1, 0.15) is 34.6 Å². The number of aromatic nitrogens is 2. The molecule has 1 saturated carbocycles. The third-order valence-corrected chi connectivity index (χ3v) is 3.45. The first-order valence-corrected chi connectivity index (χ1v) is 6.86. The van der Waals surface area contributed by atoms with Crippen molar-refractivity contribution in [1.29, 1.82) is 0 Å². The minimum Gasteiger partial charge on any atom is -0.379 e. The van der Waals surface area contributed by atoms with E-state index >= 15 is 0 Å². The van der Waals surface area contributed by atoms with Crippen LogP contribution in [0.5, 0.6) is 0 Å². The molecule has 1 heterocycles. The lowest BCUT2D eigenvalue weighted by Gasteiger charge is -2.07. The van der Waals surface area contributed by atoms with Gasteiger partial charge in [-0.25, -0.2) is 4.98 Å². The molecule has 3 rings (SSSR count). The van der Waals surface area contributed by atoms with E-state index in [2.05, 4.69) is 20.6 Å². The largest absolute Gasteiger partial charge is 0.379 e. The molecule has 0 spiro atoms. The topological polar surface area (TPSA) is 69.8 Å². The van der Waals surface area contributed by atoms with Crippen molar-refractivity contribution in [3.8, 4) is 0 Å². The smallest absolute Gasteiger partial charge is 0.251 e. The Morgan fingerprint density at radius 2 is 2.10 bits per heavy atom. The van der Waals surface area contributed by atoms with Gasteiger partial charge >= 0.3 is 0 Å². The molecule has 0 bridgehead atoms. The van der Waals surface area contributed by atoms with Crippen LogP contribution in [0.15, 0.2) is 30.6 Å². The number of nitrogens with zero attached hydrogens (tertiary/aromatic N) is 1. The Hall–Kier alpha value is -2.30. The van der Waals surface area contributed by atoms with Crippen LogP contribution < -0.4 is 10.6 Å². The van der Waals surface area contributed by atoms with E-state index in [0.29, 0.717) is 18.2 Å². The summed E-state index contributed by atoms with van der Waals surface area (Å²) in [5, 5.41) is 6.27. The van der Waals surface area contributed by atoms with Gasteiger partial charge in [0.1, 0.15) is 0 Å². The van der Waals surface area contributed by atoms with Crippen molar-refractivity contribution in [1.82, 2.24) is 15.3 Å². The fourth-order valence-electron chi connectivity index (χ4n) is 1.99. The molecule has 5 nitrogen and oxygen atoms in total. The van der Waals surface area contributed by atoms with Gasteiger partial charge in [0.05, 0.1) is 18.6 Å². The number of benzene rings is 1.